The van der Waals surface area contributed by atoms with Crippen LogP contribution in [0.25, 0.3) is 0 Å². The summed E-state index contributed by atoms with van der Waals surface area (Å²) >= 11 is 18.1. The molecule has 0 unspecified atom stereocenters. The summed E-state index contributed by atoms with van der Waals surface area (Å²) in [7, 11) is 0. The molecule has 0 N–H and O–H groups in total. The fraction of sp³-hybridized carbons (Fsp3) is 0.154. The van der Waals surface area contributed by atoms with E-state index in [4.69, 9.17) is 34.8 Å². The Hall–Kier alpha value is -0.960. The lowest BCUT2D eigenvalue weighted by Crippen LogP contribution is -2.19. The van der Waals surface area contributed by atoms with E-state index in [1.54, 1.807) is 29.0 Å². The Morgan fingerprint density at radius 2 is 1.72 bits per heavy atom. The molecule has 0 saturated heterocycles. The monoisotopic (exact) mass is 301 g/mol. The van der Waals surface area contributed by atoms with Gasteiger partial charge in [0.25, 0.3) is 5.56 Å². The van der Waals surface area contributed by atoms with Crippen LogP contribution < -0.4 is 5.56 Å². The molecule has 5 heteroatoms. The summed E-state index contributed by atoms with van der Waals surface area (Å²) in [5.74, 6) is 0. The van der Waals surface area contributed by atoms with E-state index in [9.17, 15) is 4.79 Å². The zero-order chi connectivity index (χ0) is 13.3. The van der Waals surface area contributed by atoms with Crippen LogP contribution in [0.2, 0.25) is 15.1 Å². The van der Waals surface area contributed by atoms with E-state index in [0.717, 1.165) is 5.56 Å². The number of aromatic nitrogens is 1. The molecule has 2 aromatic rings. The molecule has 1 aromatic heterocycles. The lowest BCUT2D eigenvalue weighted by atomic mass is 10.2. The zero-order valence-electron chi connectivity index (χ0n) is 9.58. The fourth-order valence-corrected chi connectivity index (χ4v) is 2.33. The van der Waals surface area contributed by atoms with Gasteiger partial charge in [-0.25, -0.2) is 0 Å². The molecule has 18 heavy (non-hydrogen) atoms. The number of benzene rings is 1. The second kappa shape index (κ2) is 5.35. The third kappa shape index (κ3) is 2.72. The first-order chi connectivity index (χ1) is 8.49. The van der Waals surface area contributed by atoms with E-state index in [-0.39, 0.29) is 5.56 Å². The number of aryl methyl sites for hydroxylation is 1. The van der Waals surface area contributed by atoms with Crippen molar-refractivity contribution in [3.63, 3.8) is 0 Å². The van der Waals surface area contributed by atoms with Gasteiger partial charge in [-0.3, -0.25) is 4.79 Å². The van der Waals surface area contributed by atoms with Gasteiger partial charge in [-0.05, 0) is 24.6 Å². The lowest BCUT2D eigenvalue weighted by molar-refractivity contribution is 0.755. The van der Waals surface area contributed by atoms with Gasteiger partial charge in [0.2, 0.25) is 0 Å². The summed E-state index contributed by atoms with van der Waals surface area (Å²) in [6.07, 6.45) is 1.76. The maximum Gasteiger partial charge on any atom is 0.250 e. The Labute approximate surface area is 120 Å². The van der Waals surface area contributed by atoms with Crippen LogP contribution >= 0.6 is 34.8 Å². The molecule has 0 spiro atoms. The van der Waals surface area contributed by atoms with Crippen molar-refractivity contribution in [2.24, 2.45) is 0 Å². The highest BCUT2D eigenvalue weighted by Crippen LogP contribution is 2.31. The van der Waals surface area contributed by atoms with Gasteiger partial charge in [-0.15, -0.1) is 0 Å². The van der Waals surface area contributed by atoms with E-state index in [1.807, 2.05) is 6.92 Å². The van der Waals surface area contributed by atoms with E-state index >= 15 is 0 Å². The minimum absolute atomic E-state index is 0.104. The number of hydrogen-bond acceptors (Lipinski definition) is 1. The summed E-state index contributed by atoms with van der Waals surface area (Å²) in [5, 5.41) is 1.31. The summed E-state index contributed by atoms with van der Waals surface area (Å²) < 4.78 is 1.55. The highest BCUT2D eigenvalue weighted by Gasteiger charge is 2.10. The van der Waals surface area contributed by atoms with Crippen LogP contribution in [-0.2, 0) is 6.54 Å². The Morgan fingerprint density at radius 1 is 1.06 bits per heavy atom. The second-order valence-electron chi connectivity index (χ2n) is 3.99. The Kier molecular flexibility index (Phi) is 4.00. The third-order valence-corrected chi connectivity index (χ3v) is 3.80. The molecule has 94 valence electrons. The summed E-state index contributed by atoms with van der Waals surface area (Å²) in [6, 6.07) is 6.59. The predicted octanol–water partition coefficient (Wildman–Crippen LogP) is 4.17. The molecule has 0 aliphatic carbocycles. The van der Waals surface area contributed by atoms with E-state index in [1.165, 1.54) is 6.07 Å². The van der Waals surface area contributed by atoms with Crippen molar-refractivity contribution in [1.29, 1.82) is 0 Å². The molecule has 0 saturated carbocycles. The number of nitrogens with zero attached hydrogens (tertiary/aromatic N) is 1. The maximum atomic E-state index is 11.7. The quantitative estimate of drug-likeness (QED) is 0.763. The number of rotatable bonds is 2. The predicted molar refractivity (Wildman–Crippen MR) is 76.0 cm³/mol. The van der Waals surface area contributed by atoms with Gasteiger partial charge in [0.05, 0.1) is 16.6 Å². The number of hydrogen-bond donors (Lipinski definition) is 0. The molecule has 2 rings (SSSR count). The Balaban J connectivity index is 2.49. The highest BCUT2D eigenvalue weighted by atomic mass is 35.5. The van der Waals surface area contributed by atoms with Crippen LogP contribution in [0.5, 0.6) is 0 Å². The van der Waals surface area contributed by atoms with Gasteiger partial charge in [0.1, 0.15) is 0 Å². The van der Waals surface area contributed by atoms with Crippen molar-refractivity contribution in [3.8, 4) is 0 Å². The molecule has 0 fully saturated rings. The molecule has 0 radical (unpaired) electrons. The van der Waals surface area contributed by atoms with Gasteiger partial charge in [-0.2, -0.15) is 0 Å². The van der Waals surface area contributed by atoms with E-state index < -0.39 is 0 Å². The van der Waals surface area contributed by atoms with Crippen molar-refractivity contribution in [3.05, 3.63) is 67.0 Å². The summed E-state index contributed by atoms with van der Waals surface area (Å²) in [5.41, 5.74) is 1.54. The average molecular weight is 303 g/mol. The molecule has 0 bridgehead atoms. The molecule has 0 aliphatic heterocycles. The smallest absolute Gasteiger partial charge is 0.250 e. The van der Waals surface area contributed by atoms with Crippen LogP contribution in [0.4, 0.5) is 0 Å². The first-order valence-electron chi connectivity index (χ1n) is 5.28. The molecular weight excluding hydrogens is 293 g/mol. The van der Waals surface area contributed by atoms with Crippen LogP contribution in [0, 0.1) is 6.92 Å². The first-order valence-corrected chi connectivity index (χ1v) is 6.42. The second-order valence-corrected chi connectivity index (χ2v) is 5.19. The minimum atomic E-state index is -0.104. The SMILES string of the molecule is Cc1ccc(=O)n(Cc2c(Cl)ccc(Cl)c2Cl)c1. The Morgan fingerprint density at radius 3 is 2.44 bits per heavy atom. The van der Waals surface area contributed by atoms with Crippen molar-refractivity contribution >= 4 is 34.8 Å². The average Bonchev–Trinajstić information content (AvgIpc) is 2.34. The maximum absolute atomic E-state index is 11.7. The van der Waals surface area contributed by atoms with Crippen LogP contribution in [-0.4, -0.2) is 4.57 Å². The topological polar surface area (TPSA) is 22.0 Å². The van der Waals surface area contributed by atoms with Gasteiger partial charge in [-0.1, -0.05) is 40.9 Å². The van der Waals surface area contributed by atoms with E-state index in [0.29, 0.717) is 27.2 Å². The normalized spacial score (nSPS) is 10.7. The molecule has 0 amide bonds. The minimum Gasteiger partial charge on any atom is -0.311 e. The van der Waals surface area contributed by atoms with Gasteiger partial charge in [0, 0.05) is 22.8 Å². The van der Waals surface area contributed by atoms with Crippen LogP contribution in [0.1, 0.15) is 11.1 Å². The van der Waals surface area contributed by atoms with Gasteiger partial charge in [0.15, 0.2) is 0 Å². The van der Waals surface area contributed by atoms with Gasteiger partial charge < -0.3 is 4.57 Å². The Bertz CT molecular complexity index is 649. The molecule has 0 atom stereocenters. The molecule has 0 aliphatic rings. The summed E-state index contributed by atoms with van der Waals surface area (Å²) in [4.78, 5) is 11.7. The van der Waals surface area contributed by atoms with Crippen LogP contribution in [0.3, 0.4) is 0 Å². The summed E-state index contributed by atoms with van der Waals surface area (Å²) in [6.45, 7) is 2.22. The van der Waals surface area contributed by atoms with Crippen molar-refractivity contribution in [2.75, 3.05) is 0 Å². The number of pyridine rings is 1. The van der Waals surface area contributed by atoms with Crippen molar-refractivity contribution in [2.45, 2.75) is 13.5 Å². The number of halogens is 3. The van der Waals surface area contributed by atoms with Gasteiger partial charge >= 0.3 is 0 Å². The van der Waals surface area contributed by atoms with Crippen molar-refractivity contribution < 1.29 is 0 Å². The zero-order valence-corrected chi connectivity index (χ0v) is 11.9. The lowest BCUT2D eigenvalue weighted by Gasteiger charge is -2.11. The fourth-order valence-electron chi connectivity index (χ4n) is 1.66. The standard InChI is InChI=1S/C13H10Cl3NO/c1-8-2-5-12(18)17(6-8)7-9-10(14)3-4-11(15)13(9)16/h2-6H,7H2,1H3. The van der Waals surface area contributed by atoms with E-state index in [2.05, 4.69) is 0 Å². The molecule has 1 heterocycles. The highest BCUT2D eigenvalue weighted by molar-refractivity contribution is 6.44. The van der Waals surface area contributed by atoms with Crippen LogP contribution in [0.15, 0.2) is 35.3 Å². The largest absolute Gasteiger partial charge is 0.311 e. The molecule has 1 aromatic carbocycles. The molecular formula is C13H10Cl3NO. The first kappa shape index (κ1) is 13.5. The molecule has 2 nitrogen and oxygen atoms in total. The third-order valence-electron chi connectivity index (χ3n) is 2.60. The van der Waals surface area contributed by atoms with Crippen molar-refractivity contribution in [1.82, 2.24) is 4.57 Å².